The summed E-state index contributed by atoms with van der Waals surface area (Å²) in [6.07, 6.45) is 4.40. The molecule has 0 bridgehead atoms. The third-order valence-corrected chi connectivity index (χ3v) is 4.17. The van der Waals surface area contributed by atoms with Crippen molar-refractivity contribution in [1.29, 1.82) is 0 Å². The van der Waals surface area contributed by atoms with Gasteiger partial charge in [0.05, 0.1) is 0 Å². The van der Waals surface area contributed by atoms with Gasteiger partial charge in [-0.3, -0.25) is 4.79 Å². The van der Waals surface area contributed by atoms with Gasteiger partial charge in [0.25, 0.3) is 0 Å². The molecule has 1 saturated carbocycles. The predicted octanol–water partition coefficient (Wildman–Crippen LogP) is 4.12. The van der Waals surface area contributed by atoms with Crippen molar-refractivity contribution in [1.82, 2.24) is 0 Å². The molecular weight excluding hydrogens is 288 g/mol. The third kappa shape index (κ3) is 3.83. The van der Waals surface area contributed by atoms with Crippen molar-refractivity contribution in [2.45, 2.75) is 19.3 Å². The maximum Gasteiger partial charge on any atom is 0.248 e. The van der Waals surface area contributed by atoms with Gasteiger partial charge in [-0.05, 0) is 54.8 Å². The molecule has 0 saturated heterocycles. The summed E-state index contributed by atoms with van der Waals surface area (Å²) in [7, 11) is 3.96. The number of hydrogen-bond donors (Lipinski definition) is 1. The summed E-state index contributed by atoms with van der Waals surface area (Å²) in [5.74, 6) is 2.85. The molecule has 2 atom stereocenters. The average molecular weight is 310 g/mol. The van der Waals surface area contributed by atoms with Crippen LogP contribution in [0.1, 0.15) is 30.8 Å². The molecule has 1 aliphatic carbocycles. The SMILES string of the molecule is CC1CC1c1ccc(C=CC(=O)Nc2ccc(N(C)C)cc2)o1. The molecular formula is C19H22N2O2. The molecule has 2 unspecified atom stereocenters. The lowest BCUT2D eigenvalue weighted by molar-refractivity contribution is -0.111. The Morgan fingerprint density at radius 2 is 1.91 bits per heavy atom. The molecule has 1 fully saturated rings. The van der Waals surface area contributed by atoms with Gasteiger partial charge in [-0.15, -0.1) is 0 Å². The van der Waals surface area contributed by atoms with E-state index >= 15 is 0 Å². The lowest BCUT2D eigenvalue weighted by atomic mass is 10.2. The maximum absolute atomic E-state index is 12.0. The van der Waals surface area contributed by atoms with Gasteiger partial charge in [-0.2, -0.15) is 0 Å². The number of rotatable bonds is 5. The summed E-state index contributed by atoms with van der Waals surface area (Å²) >= 11 is 0. The monoisotopic (exact) mass is 310 g/mol. The van der Waals surface area contributed by atoms with Crippen molar-refractivity contribution in [3.05, 3.63) is 54.0 Å². The zero-order valence-electron chi connectivity index (χ0n) is 13.7. The van der Waals surface area contributed by atoms with Crippen molar-refractivity contribution in [3.63, 3.8) is 0 Å². The number of carbonyl (C=O) groups excluding carboxylic acids is 1. The minimum atomic E-state index is -0.166. The van der Waals surface area contributed by atoms with Gasteiger partial charge < -0.3 is 14.6 Å². The fraction of sp³-hybridized carbons (Fsp3) is 0.316. The Morgan fingerprint density at radius 1 is 1.22 bits per heavy atom. The second-order valence-corrected chi connectivity index (χ2v) is 6.32. The number of nitrogens with zero attached hydrogens (tertiary/aromatic N) is 1. The Balaban J connectivity index is 1.57. The summed E-state index contributed by atoms with van der Waals surface area (Å²) in [6, 6.07) is 11.6. The summed E-state index contributed by atoms with van der Waals surface area (Å²) in [4.78, 5) is 14.0. The van der Waals surface area contributed by atoms with Crippen molar-refractivity contribution < 1.29 is 9.21 Å². The highest BCUT2D eigenvalue weighted by Crippen LogP contribution is 2.47. The number of carbonyl (C=O) groups is 1. The van der Waals surface area contributed by atoms with Crippen molar-refractivity contribution in [2.24, 2.45) is 5.92 Å². The molecule has 1 aromatic carbocycles. The lowest BCUT2D eigenvalue weighted by Crippen LogP contribution is -2.10. The summed E-state index contributed by atoms with van der Waals surface area (Å²) < 4.78 is 5.75. The van der Waals surface area contributed by atoms with Gasteiger partial charge in [0.2, 0.25) is 5.91 Å². The number of furan rings is 1. The first-order valence-electron chi connectivity index (χ1n) is 7.89. The quantitative estimate of drug-likeness (QED) is 0.845. The standard InChI is InChI=1S/C19H22N2O2/c1-13-12-17(13)18-10-8-16(23-18)9-11-19(22)20-14-4-6-15(7-5-14)21(2)3/h4-11,13,17H,12H2,1-3H3,(H,20,22). The molecule has 0 radical (unpaired) electrons. The zero-order chi connectivity index (χ0) is 16.4. The van der Waals surface area contributed by atoms with E-state index in [0.717, 1.165) is 22.9 Å². The molecule has 1 aliphatic rings. The van der Waals surface area contributed by atoms with Gasteiger partial charge in [0, 0.05) is 37.5 Å². The Kier molecular flexibility index (Phi) is 4.24. The molecule has 0 aliphatic heterocycles. The smallest absolute Gasteiger partial charge is 0.248 e. The van der Waals surface area contributed by atoms with Gasteiger partial charge in [-0.1, -0.05) is 6.92 Å². The molecule has 1 amide bonds. The first kappa shape index (κ1) is 15.4. The zero-order valence-corrected chi connectivity index (χ0v) is 13.7. The van der Waals surface area contributed by atoms with Gasteiger partial charge in [0.15, 0.2) is 0 Å². The third-order valence-electron chi connectivity index (χ3n) is 4.17. The summed E-state index contributed by atoms with van der Waals surface area (Å²) in [6.45, 7) is 2.22. The number of amides is 1. The second kappa shape index (κ2) is 6.32. The molecule has 4 heteroatoms. The lowest BCUT2D eigenvalue weighted by Gasteiger charge is -2.12. The Hall–Kier alpha value is -2.49. The van der Waals surface area contributed by atoms with Crippen molar-refractivity contribution in [3.8, 4) is 0 Å². The largest absolute Gasteiger partial charge is 0.461 e. The predicted molar refractivity (Wildman–Crippen MR) is 93.7 cm³/mol. The van der Waals surface area contributed by atoms with E-state index in [1.54, 1.807) is 6.08 Å². The molecule has 4 nitrogen and oxygen atoms in total. The van der Waals surface area contributed by atoms with Crippen molar-refractivity contribution >= 4 is 23.4 Å². The highest BCUT2D eigenvalue weighted by Gasteiger charge is 2.36. The maximum atomic E-state index is 12.0. The first-order chi connectivity index (χ1) is 11.0. The van der Waals surface area contributed by atoms with E-state index in [0.29, 0.717) is 11.8 Å². The van der Waals surface area contributed by atoms with Crippen LogP contribution in [0, 0.1) is 5.92 Å². The molecule has 1 heterocycles. The van der Waals surface area contributed by atoms with E-state index in [4.69, 9.17) is 4.42 Å². The molecule has 2 aromatic rings. The molecule has 1 aromatic heterocycles. The second-order valence-electron chi connectivity index (χ2n) is 6.32. The number of anilines is 2. The van der Waals surface area contributed by atoms with Crippen LogP contribution in [0.25, 0.3) is 6.08 Å². The Labute approximate surface area is 136 Å². The fourth-order valence-corrected chi connectivity index (χ4v) is 2.56. The van der Waals surface area contributed by atoms with Crippen LogP contribution in [0.2, 0.25) is 0 Å². The normalized spacial score (nSPS) is 19.8. The first-order valence-corrected chi connectivity index (χ1v) is 7.89. The topological polar surface area (TPSA) is 45.5 Å². The van der Waals surface area contributed by atoms with Gasteiger partial charge in [0.1, 0.15) is 11.5 Å². The average Bonchev–Trinajstić information content (AvgIpc) is 3.08. The highest BCUT2D eigenvalue weighted by molar-refractivity contribution is 6.01. The van der Waals surface area contributed by atoms with Crippen LogP contribution in [0.3, 0.4) is 0 Å². The minimum Gasteiger partial charge on any atom is -0.461 e. The Bertz CT molecular complexity index is 713. The number of nitrogens with one attached hydrogen (secondary N) is 1. The van der Waals surface area contributed by atoms with Crippen LogP contribution in [0.5, 0.6) is 0 Å². The fourth-order valence-electron chi connectivity index (χ4n) is 2.56. The highest BCUT2D eigenvalue weighted by atomic mass is 16.3. The molecule has 1 N–H and O–H groups in total. The minimum absolute atomic E-state index is 0.166. The van der Waals surface area contributed by atoms with E-state index in [-0.39, 0.29) is 5.91 Å². The van der Waals surface area contributed by atoms with Crippen LogP contribution < -0.4 is 10.2 Å². The molecule has 120 valence electrons. The van der Waals surface area contributed by atoms with E-state index in [2.05, 4.69) is 12.2 Å². The van der Waals surface area contributed by atoms with Crippen LogP contribution in [0.15, 0.2) is 46.9 Å². The van der Waals surface area contributed by atoms with E-state index in [9.17, 15) is 4.79 Å². The van der Waals surface area contributed by atoms with E-state index in [1.807, 2.05) is 55.4 Å². The number of benzene rings is 1. The van der Waals surface area contributed by atoms with Crippen LogP contribution in [-0.2, 0) is 4.79 Å². The van der Waals surface area contributed by atoms with Gasteiger partial charge >= 0.3 is 0 Å². The van der Waals surface area contributed by atoms with Crippen LogP contribution in [-0.4, -0.2) is 20.0 Å². The van der Waals surface area contributed by atoms with Gasteiger partial charge in [-0.25, -0.2) is 0 Å². The summed E-state index contributed by atoms with van der Waals surface area (Å²) in [5, 5.41) is 2.84. The van der Waals surface area contributed by atoms with Crippen molar-refractivity contribution in [2.75, 3.05) is 24.3 Å². The van der Waals surface area contributed by atoms with Crippen LogP contribution >= 0.6 is 0 Å². The van der Waals surface area contributed by atoms with E-state index in [1.165, 1.54) is 12.5 Å². The molecule has 23 heavy (non-hydrogen) atoms. The molecule has 3 rings (SSSR count). The van der Waals surface area contributed by atoms with Crippen LogP contribution in [0.4, 0.5) is 11.4 Å². The van der Waals surface area contributed by atoms with E-state index < -0.39 is 0 Å². The number of hydrogen-bond acceptors (Lipinski definition) is 3. The molecule has 0 spiro atoms. The summed E-state index contributed by atoms with van der Waals surface area (Å²) in [5.41, 5.74) is 1.87. The Morgan fingerprint density at radius 3 is 2.52 bits per heavy atom.